The standard InChI is InChI=1S/C26H30FN3O3/c1-3-5-15-30(26(32)28-23-13-11-21(12-14-23)25(31)33-4-2)19-24-10-7-16-29(24)18-20-8-6-9-22(27)17-20/h6-14,16-17H,3-5,15,18-19H2,1-2H3,(H,28,32). The molecule has 6 nitrogen and oxygen atoms in total. The molecule has 1 heterocycles. The van der Waals surface area contributed by atoms with Gasteiger partial charge in [0, 0.05) is 30.7 Å². The number of aromatic nitrogens is 1. The van der Waals surface area contributed by atoms with E-state index in [0.29, 0.717) is 37.5 Å². The zero-order valence-corrected chi connectivity index (χ0v) is 19.1. The van der Waals surface area contributed by atoms with Crippen molar-refractivity contribution in [3.05, 3.63) is 89.5 Å². The van der Waals surface area contributed by atoms with E-state index >= 15 is 0 Å². The highest BCUT2D eigenvalue weighted by molar-refractivity contribution is 5.92. The van der Waals surface area contributed by atoms with Crippen molar-refractivity contribution in [2.24, 2.45) is 0 Å². The summed E-state index contributed by atoms with van der Waals surface area (Å²) in [6.07, 6.45) is 3.77. The zero-order valence-electron chi connectivity index (χ0n) is 19.1. The molecule has 0 bridgehead atoms. The molecule has 1 aromatic heterocycles. The van der Waals surface area contributed by atoms with E-state index in [4.69, 9.17) is 4.74 Å². The summed E-state index contributed by atoms with van der Waals surface area (Å²) < 4.78 is 20.6. The third kappa shape index (κ3) is 6.94. The van der Waals surface area contributed by atoms with Gasteiger partial charge in [0.2, 0.25) is 0 Å². The lowest BCUT2D eigenvalue weighted by molar-refractivity contribution is 0.0526. The molecule has 0 aliphatic carbocycles. The Morgan fingerprint density at radius 1 is 1.06 bits per heavy atom. The molecule has 0 radical (unpaired) electrons. The van der Waals surface area contributed by atoms with E-state index in [1.54, 1.807) is 42.2 Å². The normalized spacial score (nSPS) is 10.6. The summed E-state index contributed by atoms with van der Waals surface area (Å²) in [5.74, 6) is -0.655. The van der Waals surface area contributed by atoms with Crippen molar-refractivity contribution in [3.63, 3.8) is 0 Å². The minimum atomic E-state index is -0.390. The fourth-order valence-electron chi connectivity index (χ4n) is 3.48. The van der Waals surface area contributed by atoms with Crippen LogP contribution in [0.15, 0.2) is 66.9 Å². The average Bonchev–Trinajstić information content (AvgIpc) is 3.23. The van der Waals surface area contributed by atoms with Crippen molar-refractivity contribution in [1.29, 1.82) is 0 Å². The molecule has 3 aromatic rings. The van der Waals surface area contributed by atoms with E-state index in [-0.39, 0.29) is 17.8 Å². The van der Waals surface area contributed by atoms with Gasteiger partial charge in [-0.05, 0) is 67.4 Å². The van der Waals surface area contributed by atoms with Gasteiger partial charge in [-0.1, -0.05) is 25.5 Å². The van der Waals surface area contributed by atoms with E-state index in [2.05, 4.69) is 12.2 Å². The third-order valence-electron chi connectivity index (χ3n) is 5.23. The van der Waals surface area contributed by atoms with Gasteiger partial charge in [-0.2, -0.15) is 0 Å². The summed E-state index contributed by atoms with van der Waals surface area (Å²) in [5.41, 5.74) is 2.86. The number of rotatable bonds is 10. The van der Waals surface area contributed by atoms with Crippen LogP contribution in [-0.2, 0) is 17.8 Å². The van der Waals surface area contributed by atoms with Crippen LogP contribution in [0.2, 0.25) is 0 Å². The molecule has 0 fully saturated rings. The molecule has 2 amide bonds. The number of ether oxygens (including phenoxy) is 1. The van der Waals surface area contributed by atoms with Gasteiger partial charge in [-0.25, -0.2) is 14.0 Å². The van der Waals surface area contributed by atoms with Gasteiger partial charge < -0.3 is 19.5 Å². The van der Waals surface area contributed by atoms with Gasteiger partial charge in [-0.15, -0.1) is 0 Å². The molecule has 0 atom stereocenters. The number of benzene rings is 2. The van der Waals surface area contributed by atoms with Gasteiger partial charge in [0.05, 0.1) is 18.7 Å². The molecule has 7 heteroatoms. The van der Waals surface area contributed by atoms with Gasteiger partial charge in [0.1, 0.15) is 5.82 Å². The molecular formula is C26H30FN3O3. The zero-order chi connectivity index (χ0) is 23.6. The smallest absolute Gasteiger partial charge is 0.338 e. The lowest BCUT2D eigenvalue weighted by Gasteiger charge is -2.24. The first-order valence-corrected chi connectivity index (χ1v) is 11.2. The van der Waals surface area contributed by atoms with Crippen LogP contribution >= 0.6 is 0 Å². The lowest BCUT2D eigenvalue weighted by Crippen LogP contribution is -2.36. The maximum Gasteiger partial charge on any atom is 0.338 e. The molecule has 0 aliphatic heterocycles. The van der Waals surface area contributed by atoms with Crippen molar-refractivity contribution in [2.45, 2.75) is 39.8 Å². The topological polar surface area (TPSA) is 63.6 Å². The number of anilines is 1. The SMILES string of the molecule is CCCCN(Cc1cccn1Cc1cccc(F)c1)C(=O)Nc1ccc(C(=O)OCC)cc1. The minimum absolute atomic E-state index is 0.217. The first kappa shape index (κ1) is 24.0. The summed E-state index contributed by atoms with van der Waals surface area (Å²) in [7, 11) is 0. The van der Waals surface area contributed by atoms with E-state index in [1.165, 1.54) is 12.1 Å². The second-order valence-electron chi connectivity index (χ2n) is 7.76. The average molecular weight is 452 g/mol. The summed E-state index contributed by atoms with van der Waals surface area (Å²) in [6, 6.07) is 16.9. The number of carbonyl (C=O) groups excluding carboxylic acids is 2. The van der Waals surface area contributed by atoms with Crippen LogP contribution < -0.4 is 5.32 Å². The van der Waals surface area contributed by atoms with Crippen molar-refractivity contribution >= 4 is 17.7 Å². The number of esters is 1. The summed E-state index contributed by atoms with van der Waals surface area (Å²) in [6.45, 7) is 5.70. The van der Waals surface area contributed by atoms with Crippen LogP contribution in [0.3, 0.4) is 0 Å². The van der Waals surface area contributed by atoms with E-state index in [1.807, 2.05) is 29.0 Å². The molecule has 0 saturated carbocycles. The maximum absolute atomic E-state index is 13.6. The van der Waals surface area contributed by atoms with Crippen molar-refractivity contribution in [1.82, 2.24) is 9.47 Å². The molecule has 1 N–H and O–H groups in total. The second-order valence-corrected chi connectivity index (χ2v) is 7.76. The quantitative estimate of drug-likeness (QED) is 0.403. The predicted molar refractivity (Wildman–Crippen MR) is 127 cm³/mol. The molecule has 2 aromatic carbocycles. The van der Waals surface area contributed by atoms with Gasteiger partial charge in [0.25, 0.3) is 0 Å². The lowest BCUT2D eigenvalue weighted by atomic mass is 10.2. The largest absolute Gasteiger partial charge is 0.462 e. The Labute approximate surface area is 194 Å². The van der Waals surface area contributed by atoms with Crippen molar-refractivity contribution < 1.29 is 18.7 Å². The molecular weight excluding hydrogens is 421 g/mol. The first-order valence-electron chi connectivity index (χ1n) is 11.2. The van der Waals surface area contributed by atoms with Gasteiger partial charge in [0.15, 0.2) is 0 Å². The molecule has 174 valence electrons. The summed E-state index contributed by atoms with van der Waals surface area (Å²) in [5, 5.41) is 2.91. The molecule has 3 rings (SSSR count). The number of nitrogens with one attached hydrogen (secondary N) is 1. The van der Waals surface area contributed by atoms with Crippen molar-refractivity contribution in [2.75, 3.05) is 18.5 Å². The van der Waals surface area contributed by atoms with Crippen molar-refractivity contribution in [3.8, 4) is 0 Å². The van der Waals surface area contributed by atoms with E-state index in [9.17, 15) is 14.0 Å². The summed E-state index contributed by atoms with van der Waals surface area (Å²) >= 11 is 0. The number of nitrogens with zero attached hydrogens (tertiary/aromatic N) is 2. The monoisotopic (exact) mass is 451 g/mol. The number of amides is 2. The Hall–Kier alpha value is -3.61. The van der Waals surface area contributed by atoms with Crippen LogP contribution in [0.25, 0.3) is 0 Å². The fraction of sp³-hybridized carbons (Fsp3) is 0.308. The Morgan fingerprint density at radius 2 is 1.85 bits per heavy atom. The minimum Gasteiger partial charge on any atom is -0.462 e. The highest BCUT2D eigenvalue weighted by Crippen LogP contribution is 2.15. The van der Waals surface area contributed by atoms with Crippen LogP contribution in [0.4, 0.5) is 14.9 Å². The molecule has 0 spiro atoms. The van der Waals surface area contributed by atoms with Crippen LogP contribution in [0.5, 0.6) is 0 Å². The third-order valence-corrected chi connectivity index (χ3v) is 5.23. The Bertz CT molecular complexity index is 1060. The molecule has 0 unspecified atom stereocenters. The predicted octanol–water partition coefficient (Wildman–Crippen LogP) is 5.69. The Morgan fingerprint density at radius 3 is 2.55 bits per heavy atom. The maximum atomic E-state index is 13.6. The van der Waals surface area contributed by atoms with Crippen LogP contribution in [-0.4, -0.2) is 34.6 Å². The highest BCUT2D eigenvalue weighted by atomic mass is 19.1. The number of hydrogen-bond donors (Lipinski definition) is 1. The number of hydrogen-bond acceptors (Lipinski definition) is 3. The molecule has 0 aliphatic rings. The first-order chi connectivity index (χ1) is 16.0. The molecule has 33 heavy (non-hydrogen) atoms. The molecule has 0 saturated heterocycles. The number of urea groups is 1. The Balaban J connectivity index is 1.69. The van der Waals surface area contributed by atoms with Gasteiger partial charge in [-0.3, -0.25) is 0 Å². The number of unbranched alkanes of at least 4 members (excludes halogenated alkanes) is 1. The van der Waals surface area contributed by atoms with E-state index < -0.39 is 0 Å². The number of halogens is 1. The summed E-state index contributed by atoms with van der Waals surface area (Å²) in [4.78, 5) is 26.6. The highest BCUT2D eigenvalue weighted by Gasteiger charge is 2.16. The van der Waals surface area contributed by atoms with E-state index in [0.717, 1.165) is 24.1 Å². The Kier molecular flexibility index (Phi) is 8.63. The van der Waals surface area contributed by atoms with Crippen LogP contribution in [0, 0.1) is 5.82 Å². The van der Waals surface area contributed by atoms with Gasteiger partial charge >= 0.3 is 12.0 Å². The fourth-order valence-corrected chi connectivity index (χ4v) is 3.48. The number of carbonyl (C=O) groups is 2. The second kappa shape index (κ2) is 11.9. The van der Waals surface area contributed by atoms with Crippen LogP contribution in [0.1, 0.15) is 48.3 Å².